The molecule has 1 aromatic heterocycles. The summed E-state index contributed by atoms with van der Waals surface area (Å²) in [6, 6.07) is 7.59. The van der Waals surface area contributed by atoms with Gasteiger partial charge in [-0.3, -0.25) is 4.68 Å². The van der Waals surface area contributed by atoms with E-state index in [0.29, 0.717) is 12.3 Å². The predicted octanol–water partition coefficient (Wildman–Crippen LogP) is 2.53. The van der Waals surface area contributed by atoms with Crippen LogP contribution in [0.3, 0.4) is 0 Å². The van der Waals surface area contributed by atoms with Gasteiger partial charge in [-0.15, -0.1) is 0 Å². The SMILES string of the molecule is Oc1c(Br)cccc1CNCCCn1cccn1. The third kappa shape index (κ3) is 3.58. The molecule has 0 atom stereocenters. The van der Waals surface area contributed by atoms with Crippen molar-refractivity contribution in [1.82, 2.24) is 15.1 Å². The van der Waals surface area contributed by atoms with Gasteiger partial charge < -0.3 is 10.4 Å². The Morgan fingerprint density at radius 1 is 1.33 bits per heavy atom. The number of hydrogen-bond donors (Lipinski definition) is 2. The molecule has 2 rings (SSSR count). The van der Waals surface area contributed by atoms with E-state index in [2.05, 4.69) is 26.3 Å². The largest absolute Gasteiger partial charge is 0.506 e. The molecule has 4 nitrogen and oxygen atoms in total. The highest BCUT2D eigenvalue weighted by molar-refractivity contribution is 9.10. The van der Waals surface area contributed by atoms with E-state index in [1.165, 1.54) is 0 Å². The number of halogens is 1. The molecule has 1 heterocycles. The molecule has 0 radical (unpaired) electrons. The maximum Gasteiger partial charge on any atom is 0.134 e. The Morgan fingerprint density at radius 3 is 3.00 bits per heavy atom. The summed E-state index contributed by atoms with van der Waals surface area (Å²) in [7, 11) is 0. The van der Waals surface area contributed by atoms with Crippen LogP contribution in [-0.4, -0.2) is 21.4 Å². The van der Waals surface area contributed by atoms with E-state index in [1.54, 1.807) is 6.20 Å². The molecule has 0 amide bonds. The highest BCUT2D eigenvalue weighted by atomic mass is 79.9. The van der Waals surface area contributed by atoms with E-state index >= 15 is 0 Å². The third-order valence-electron chi connectivity index (χ3n) is 2.69. The topological polar surface area (TPSA) is 50.1 Å². The Morgan fingerprint density at radius 2 is 2.22 bits per heavy atom. The number of benzene rings is 1. The summed E-state index contributed by atoms with van der Waals surface area (Å²) in [6.07, 6.45) is 4.75. The summed E-state index contributed by atoms with van der Waals surface area (Å²) in [4.78, 5) is 0. The second kappa shape index (κ2) is 6.56. The van der Waals surface area contributed by atoms with Gasteiger partial charge in [-0.1, -0.05) is 12.1 Å². The number of nitrogens with one attached hydrogen (secondary N) is 1. The molecule has 1 aromatic carbocycles. The van der Waals surface area contributed by atoms with Crippen molar-refractivity contribution in [3.8, 4) is 5.75 Å². The zero-order chi connectivity index (χ0) is 12.8. The van der Waals surface area contributed by atoms with Crippen LogP contribution in [0.4, 0.5) is 0 Å². The number of phenols is 1. The van der Waals surface area contributed by atoms with E-state index in [4.69, 9.17) is 0 Å². The van der Waals surface area contributed by atoms with Crippen LogP contribution in [0.25, 0.3) is 0 Å². The van der Waals surface area contributed by atoms with Crippen molar-refractivity contribution in [3.05, 3.63) is 46.7 Å². The van der Waals surface area contributed by atoms with Gasteiger partial charge >= 0.3 is 0 Å². The first-order valence-electron chi connectivity index (χ1n) is 5.92. The number of aryl methyl sites for hydroxylation is 1. The monoisotopic (exact) mass is 309 g/mol. The van der Waals surface area contributed by atoms with Crippen LogP contribution in [0.1, 0.15) is 12.0 Å². The molecule has 0 bridgehead atoms. The Hall–Kier alpha value is -1.33. The van der Waals surface area contributed by atoms with Crippen LogP contribution >= 0.6 is 15.9 Å². The van der Waals surface area contributed by atoms with Gasteiger partial charge in [0.2, 0.25) is 0 Å². The molecule has 5 heteroatoms. The number of hydrogen-bond acceptors (Lipinski definition) is 3. The number of nitrogens with zero attached hydrogens (tertiary/aromatic N) is 2. The normalized spacial score (nSPS) is 10.7. The van der Waals surface area contributed by atoms with Gasteiger partial charge in [-0.05, 0) is 41.0 Å². The second-order valence-electron chi connectivity index (χ2n) is 4.05. The van der Waals surface area contributed by atoms with E-state index in [0.717, 1.165) is 29.5 Å². The van der Waals surface area contributed by atoms with Gasteiger partial charge in [0.1, 0.15) is 5.75 Å². The summed E-state index contributed by atoms with van der Waals surface area (Å²) in [5.41, 5.74) is 0.906. The fraction of sp³-hybridized carbons (Fsp3) is 0.308. The molecule has 0 fully saturated rings. The maximum atomic E-state index is 9.80. The number of para-hydroxylation sites is 1. The van der Waals surface area contributed by atoms with Crippen molar-refractivity contribution in [1.29, 1.82) is 0 Å². The average Bonchev–Trinajstić information content (AvgIpc) is 2.87. The fourth-order valence-corrected chi connectivity index (χ4v) is 2.13. The molecule has 0 unspecified atom stereocenters. The zero-order valence-corrected chi connectivity index (χ0v) is 11.6. The van der Waals surface area contributed by atoms with Crippen molar-refractivity contribution in [2.45, 2.75) is 19.5 Å². The first-order chi connectivity index (χ1) is 8.77. The van der Waals surface area contributed by atoms with Crippen LogP contribution in [-0.2, 0) is 13.1 Å². The quantitative estimate of drug-likeness (QED) is 0.806. The Balaban J connectivity index is 1.70. The second-order valence-corrected chi connectivity index (χ2v) is 4.90. The van der Waals surface area contributed by atoms with Crippen LogP contribution in [0.15, 0.2) is 41.1 Å². The molecule has 0 aliphatic carbocycles. The van der Waals surface area contributed by atoms with Gasteiger partial charge in [0.05, 0.1) is 4.47 Å². The van der Waals surface area contributed by atoms with Crippen LogP contribution < -0.4 is 5.32 Å². The number of aromatic hydroxyl groups is 1. The fourth-order valence-electron chi connectivity index (χ4n) is 1.72. The van der Waals surface area contributed by atoms with E-state index in [-0.39, 0.29) is 0 Å². The minimum atomic E-state index is 0.317. The van der Waals surface area contributed by atoms with Crippen LogP contribution in [0.5, 0.6) is 5.75 Å². The van der Waals surface area contributed by atoms with Gasteiger partial charge in [-0.25, -0.2) is 0 Å². The number of aromatic nitrogens is 2. The Labute approximate surface area is 115 Å². The van der Waals surface area contributed by atoms with Crippen molar-refractivity contribution >= 4 is 15.9 Å². The summed E-state index contributed by atoms with van der Waals surface area (Å²) < 4.78 is 2.65. The molecule has 0 saturated carbocycles. The molecule has 0 saturated heterocycles. The minimum Gasteiger partial charge on any atom is -0.506 e. The van der Waals surface area contributed by atoms with Crippen molar-refractivity contribution in [2.75, 3.05) is 6.54 Å². The lowest BCUT2D eigenvalue weighted by molar-refractivity contribution is 0.459. The third-order valence-corrected chi connectivity index (χ3v) is 3.33. The van der Waals surface area contributed by atoms with Crippen molar-refractivity contribution in [3.63, 3.8) is 0 Å². The summed E-state index contributed by atoms with van der Waals surface area (Å²) in [5.74, 6) is 0.317. The molecule has 2 N–H and O–H groups in total. The van der Waals surface area contributed by atoms with Crippen LogP contribution in [0.2, 0.25) is 0 Å². The van der Waals surface area contributed by atoms with Crippen molar-refractivity contribution in [2.24, 2.45) is 0 Å². The molecule has 2 aromatic rings. The lowest BCUT2D eigenvalue weighted by Gasteiger charge is -2.08. The molecule has 0 spiro atoms. The van der Waals surface area contributed by atoms with E-state index in [9.17, 15) is 5.11 Å². The molecule has 96 valence electrons. The van der Waals surface area contributed by atoms with Gasteiger partial charge in [0.25, 0.3) is 0 Å². The minimum absolute atomic E-state index is 0.317. The Kier molecular flexibility index (Phi) is 4.78. The zero-order valence-electron chi connectivity index (χ0n) is 10.0. The molecule has 18 heavy (non-hydrogen) atoms. The lowest BCUT2D eigenvalue weighted by Crippen LogP contribution is -2.16. The molecule has 0 aliphatic rings. The highest BCUT2D eigenvalue weighted by Gasteiger charge is 2.03. The van der Waals surface area contributed by atoms with E-state index < -0.39 is 0 Å². The highest BCUT2D eigenvalue weighted by Crippen LogP contribution is 2.27. The predicted molar refractivity (Wildman–Crippen MR) is 74.4 cm³/mol. The number of phenolic OH excluding ortho intramolecular Hbond substituents is 1. The standard InChI is InChI=1S/C13H16BrN3O/c14-12-5-1-4-11(13(12)18)10-15-6-2-8-17-9-3-7-16-17/h1,3-5,7,9,15,18H,2,6,8,10H2. The number of rotatable bonds is 6. The summed E-state index contributed by atoms with van der Waals surface area (Å²) in [5, 5.41) is 17.3. The van der Waals surface area contributed by atoms with Gasteiger partial charge in [0.15, 0.2) is 0 Å². The van der Waals surface area contributed by atoms with Gasteiger partial charge in [0, 0.05) is 31.0 Å². The summed E-state index contributed by atoms with van der Waals surface area (Å²) in [6.45, 7) is 2.47. The molecule has 0 aliphatic heterocycles. The first kappa shape index (κ1) is 13.1. The Bertz CT molecular complexity index is 485. The molecular formula is C13H16BrN3O. The first-order valence-corrected chi connectivity index (χ1v) is 6.71. The average molecular weight is 310 g/mol. The van der Waals surface area contributed by atoms with E-state index in [1.807, 2.05) is 35.1 Å². The van der Waals surface area contributed by atoms with Gasteiger partial charge in [-0.2, -0.15) is 5.10 Å². The summed E-state index contributed by atoms with van der Waals surface area (Å²) >= 11 is 3.31. The molecular weight excluding hydrogens is 294 g/mol. The van der Waals surface area contributed by atoms with Crippen LogP contribution in [0, 0.1) is 0 Å². The maximum absolute atomic E-state index is 9.80. The lowest BCUT2D eigenvalue weighted by atomic mass is 10.2. The van der Waals surface area contributed by atoms with Crippen molar-refractivity contribution < 1.29 is 5.11 Å². The smallest absolute Gasteiger partial charge is 0.134 e.